The molecule has 6 nitrogen and oxygen atoms in total. The molecule has 1 aliphatic rings. The van der Waals surface area contributed by atoms with Gasteiger partial charge in [0.1, 0.15) is 24.7 Å². The van der Waals surface area contributed by atoms with Crippen LogP contribution in [-0.2, 0) is 0 Å². The van der Waals surface area contributed by atoms with Crippen LogP contribution in [0.3, 0.4) is 0 Å². The smallest absolute Gasteiger partial charge is 0.322 e. The normalized spacial score (nSPS) is 16.9. The van der Waals surface area contributed by atoms with Crippen molar-refractivity contribution in [3.8, 4) is 11.5 Å². The number of rotatable bonds is 7. The first-order valence-corrected chi connectivity index (χ1v) is 9.86. The van der Waals surface area contributed by atoms with E-state index in [1.165, 1.54) is 0 Å². The Morgan fingerprint density at radius 2 is 1.75 bits per heavy atom. The van der Waals surface area contributed by atoms with E-state index in [9.17, 15) is 9.90 Å². The second-order valence-electron chi connectivity index (χ2n) is 6.82. The highest BCUT2D eigenvalue weighted by molar-refractivity contribution is 5.91. The van der Waals surface area contributed by atoms with E-state index in [-0.39, 0.29) is 18.7 Å². The summed E-state index contributed by atoms with van der Waals surface area (Å²) in [6.45, 7) is 1.42. The SMILES string of the molecule is O=C(Nc1ccccc1OCCOc1ccccc1)N1CCCCC[C@@H]1CO. The van der Waals surface area contributed by atoms with Crippen molar-refractivity contribution in [3.05, 3.63) is 54.6 Å². The number of hydrogen-bond acceptors (Lipinski definition) is 4. The summed E-state index contributed by atoms with van der Waals surface area (Å²) in [6.07, 6.45) is 3.91. The van der Waals surface area contributed by atoms with Crippen LogP contribution in [0.2, 0.25) is 0 Å². The maximum atomic E-state index is 12.8. The molecule has 2 aromatic rings. The van der Waals surface area contributed by atoms with E-state index >= 15 is 0 Å². The van der Waals surface area contributed by atoms with E-state index in [2.05, 4.69) is 5.32 Å². The number of benzene rings is 2. The van der Waals surface area contributed by atoms with Crippen LogP contribution in [0.15, 0.2) is 54.6 Å². The maximum Gasteiger partial charge on any atom is 0.322 e. The summed E-state index contributed by atoms with van der Waals surface area (Å²) >= 11 is 0. The first kappa shape index (κ1) is 20.0. The molecule has 0 aliphatic carbocycles. The molecule has 1 fully saturated rings. The van der Waals surface area contributed by atoms with Gasteiger partial charge in [-0.2, -0.15) is 0 Å². The summed E-state index contributed by atoms with van der Waals surface area (Å²) in [5, 5.41) is 12.6. The van der Waals surface area contributed by atoms with Gasteiger partial charge in [-0.3, -0.25) is 0 Å². The van der Waals surface area contributed by atoms with Gasteiger partial charge in [0.25, 0.3) is 0 Å². The molecule has 0 bridgehead atoms. The van der Waals surface area contributed by atoms with E-state index in [4.69, 9.17) is 9.47 Å². The predicted molar refractivity (Wildman–Crippen MR) is 109 cm³/mol. The van der Waals surface area contributed by atoms with Gasteiger partial charge in [0.15, 0.2) is 0 Å². The van der Waals surface area contributed by atoms with Crippen molar-refractivity contribution in [3.63, 3.8) is 0 Å². The Morgan fingerprint density at radius 1 is 1.00 bits per heavy atom. The van der Waals surface area contributed by atoms with E-state index in [0.717, 1.165) is 31.4 Å². The standard InChI is InChI=1S/C22H28N2O4/c25-17-18-9-3-2-8-14-24(18)22(26)23-20-12-6-7-13-21(20)28-16-15-27-19-10-4-1-5-11-19/h1,4-7,10-13,18,25H,2-3,8-9,14-17H2,(H,23,26)/t18-/m1/s1. The number of hydrogen-bond donors (Lipinski definition) is 2. The molecule has 1 saturated heterocycles. The third kappa shape index (κ3) is 5.63. The zero-order chi connectivity index (χ0) is 19.6. The van der Waals surface area contributed by atoms with Crippen LogP contribution in [0, 0.1) is 0 Å². The highest BCUT2D eigenvalue weighted by Crippen LogP contribution is 2.25. The van der Waals surface area contributed by atoms with Crippen LogP contribution >= 0.6 is 0 Å². The van der Waals surface area contributed by atoms with Crippen molar-refractivity contribution in [1.82, 2.24) is 4.90 Å². The van der Waals surface area contributed by atoms with E-state index in [1.807, 2.05) is 54.6 Å². The molecule has 28 heavy (non-hydrogen) atoms. The fraction of sp³-hybridized carbons (Fsp3) is 0.409. The van der Waals surface area contributed by atoms with Gasteiger partial charge < -0.3 is 24.8 Å². The Kier molecular flexibility index (Phi) is 7.55. The molecular weight excluding hydrogens is 356 g/mol. The fourth-order valence-electron chi connectivity index (χ4n) is 3.35. The van der Waals surface area contributed by atoms with Crippen molar-refractivity contribution in [1.29, 1.82) is 0 Å². The van der Waals surface area contributed by atoms with Crippen molar-refractivity contribution in [2.24, 2.45) is 0 Å². The lowest BCUT2D eigenvalue weighted by molar-refractivity contribution is 0.142. The third-order valence-corrected chi connectivity index (χ3v) is 4.83. The Hall–Kier alpha value is -2.73. The van der Waals surface area contributed by atoms with Crippen molar-refractivity contribution < 1.29 is 19.4 Å². The average Bonchev–Trinajstić information content (AvgIpc) is 2.98. The van der Waals surface area contributed by atoms with Crippen LogP contribution in [0.4, 0.5) is 10.5 Å². The number of nitrogens with one attached hydrogen (secondary N) is 1. The quantitative estimate of drug-likeness (QED) is 0.710. The molecule has 1 aliphatic heterocycles. The van der Waals surface area contributed by atoms with Gasteiger partial charge in [0, 0.05) is 6.54 Å². The molecule has 1 atom stereocenters. The Labute approximate surface area is 166 Å². The molecule has 3 rings (SSSR count). The van der Waals surface area contributed by atoms with Crippen molar-refractivity contribution >= 4 is 11.7 Å². The summed E-state index contributed by atoms with van der Waals surface area (Å²) in [5.41, 5.74) is 0.619. The van der Waals surface area contributed by atoms with Crippen LogP contribution < -0.4 is 14.8 Å². The van der Waals surface area contributed by atoms with Gasteiger partial charge in [0.2, 0.25) is 0 Å². The van der Waals surface area contributed by atoms with Gasteiger partial charge in [0.05, 0.1) is 18.3 Å². The fourth-order valence-corrected chi connectivity index (χ4v) is 3.35. The lowest BCUT2D eigenvalue weighted by Crippen LogP contribution is -2.44. The van der Waals surface area contributed by atoms with Gasteiger partial charge in [-0.15, -0.1) is 0 Å². The second-order valence-corrected chi connectivity index (χ2v) is 6.82. The molecule has 2 N–H and O–H groups in total. The zero-order valence-corrected chi connectivity index (χ0v) is 16.0. The molecule has 0 unspecified atom stereocenters. The number of anilines is 1. The molecule has 2 amide bonds. The minimum absolute atomic E-state index is 0.0115. The number of urea groups is 1. The third-order valence-electron chi connectivity index (χ3n) is 4.83. The molecule has 0 radical (unpaired) electrons. The number of nitrogens with zero attached hydrogens (tertiary/aromatic N) is 1. The minimum Gasteiger partial charge on any atom is -0.490 e. The number of para-hydroxylation sites is 3. The van der Waals surface area contributed by atoms with E-state index in [0.29, 0.717) is 31.2 Å². The van der Waals surface area contributed by atoms with Gasteiger partial charge in [-0.1, -0.05) is 43.2 Å². The van der Waals surface area contributed by atoms with Crippen molar-refractivity contribution in [2.75, 3.05) is 31.7 Å². The molecule has 150 valence electrons. The Bertz CT molecular complexity index is 738. The van der Waals surface area contributed by atoms with Gasteiger partial charge >= 0.3 is 6.03 Å². The molecule has 0 saturated carbocycles. The average molecular weight is 384 g/mol. The number of carbonyl (C=O) groups is 1. The zero-order valence-electron chi connectivity index (χ0n) is 16.0. The Balaban J connectivity index is 1.56. The largest absolute Gasteiger partial charge is 0.490 e. The topological polar surface area (TPSA) is 71.0 Å². The lowest BCUT2D eigenvalue weighted by atomic mass is 10.1. The summed E-state index contributed by atoms with van der Waals surface area (Å²) in [7, 11) is 0. The molecular formula is C22H28N2O4. The molecule has 0 spiro atoms. The predicted octanol–water partition coefficient (Wildman–Crippen LogP) is 3.91. The van der Waals surface area contributed by atoms with E-state index < -0.39 is 0 Å². The van der Waals surface area contributed by atoms with Gasteiger partial charge in [-0.05, 0) is 37.1 Å². The number of ether oxygens (including phenoxy) is 2. The van der Waals surface area contributed by atoms with Crippen LogP contribution in [0.5, 0.6) is 11.5 Å². The first-order valence-electron chi connectivity index (χ1n) is 9.86. The minimum atomic E-state index is -0.197. The van der Waals surface area contributed by atoms with Crippen LogP contribution in [-0.4, -0.2) is 48.4 Å². The Morgan fingerprint density at radius 3 is 2.57 bits per heavy atom. The summed E-state index contributed by atoms with van der Waals surface area (Å²) in [4.78, 5) is 14.5. The monoisotopic (exact) mass is 384 g/mol. The highest BCUT2D eigenvalue weighted by atomic mass is 16.5. The van der Waals surface area contributed by atoms with Crippen LogP contribution in [0.25, 0.3) is 0 Å². The maximum absolute atomic E-state index is 12.8. The number of aliphatic hydroxyl groups is 1. The number of amides is 2. The summed E-state index contributed by atoms with van der Waals surface area (Å²) < 4.78 is 11.5. The molecule has 1 heterocycles. The summed E-state index contributed by atoms with van der Waals surface area (Å²) in [6, 6.07) is 16.6. The molecule has 0 aromatic heterocycles. The summed E-state index contributed by atoms with van der Waals surface area (Å²) in [5.74, 6) is 1.40. The highest BCUT2D eigenvalue weighted by Gasteiger charge is 2.25. The van der Waals surface area contributed by atoms with E-state index in [1.54, 1.807) is 4.90 Å². The first-order chi connectivity index (χ1) is 13.8. The molecule has 2 aromatic carbocycles. The lowest BCUT2D eigenvalue weighted by Gasteiger charge is -2.29. The number of carbonyl (C=O) groups excluding carboxylic acids is 1. The second kappa shape index (κ2) is 10.6. The van der Waals surface area contributed by atoms with Crippen LogP contribution in [0.1, 0.15) is 25.7 Å². The number of aliphatic hydroxyl groups excluding tert-OH is 1. The number of likely N-dealkylation sites (tertiary alicyclic amines) is 1. The van der Waals surface area contributed by atoms with Gasteiger partial charge in [-0.25, -0.2) is 4.79 Å². The van der Waals surface area contributed by atoms with Crippen molar-refractivity contribution in [2.45, 2.75) is 31.7 Å². The molecule has 6 heteroatoms.